The molecule has 6 nitrogen and oxygen atoms in total. The molecular weight excluding hydrogens is 315 g/mol. The second kappa shape index (κ2) is 4.95. The average molecular weight is 323 g/mol. The van der Waals surface area contributed by atoms with Gasteiger partial charge in [-0.15, -0.1) is 0 Å². The summed E-state index contributed by atoms with van der Waals surface area (Å²) in [7, 11) is -5.77. The Kier molecular flexibility index (Phi) is 3.58. The number of benzene rings is 1. The molecule has 0 radical (unpaired) electrons. The van der Waals surface area contributed by atoms with Crippen LogP contribution >= 0.6 is 0 Å². The van der Waals surface area contributed by atoms with Crippen LogP contribution in [0.5, 0.6) is 5.75 Å². The van der Waals surface area contributed by atoms with Crippen LogP contribution in [0.15, 0.2) is 24.3 Å². The highest BCUT2D eigenvalue weighted by molar-refractivity contribution is 7.88. The summed E-state index contributed by atoms with van der Waals surface area (Å²) < 4.78 is 62.4. The molecule has 2 N–H and O–H groups in total. The summed E-state index contributed by atoms with van der Waals surface area (Å²) in [6, 6.07) is 3.11. The molecule has 1 aromatic carbocycles. The summed E-state index contributed by atoms with van der Waals surface area (Å²) in [5, 5.41) is 11.7. The summed E-state index contributed by atoms with van der Waals surface area (Å²) in [6.07, 6.45) is 1.39. The molecule has 1 aliphatic heterocycles. The monoisotopic (exact) mass is 323 g/mol. The summed E-state index contributed by atoms with van der Waals surface area (Å²) in [6.45, 7) is 0.143. The first-order valence-corrected chi connectivity index (χ1v) is 6.85. The maximum absolute atomic E-state index is 12.2. The molecule has 10 heteroatoms. The molecule has 1 aliphatic rings. The van der Waals surface area contributed by atoms with Gasteiger partial charge in [0.25, 0.3) is 0 Å². The van der Waals surface area contributed by atoms with Gasteiger partial charge in [-0.25, -0.2) is 4.79 Å². The predicted molar refractivity (Wildman–Crippen MR) is 66.1 cm³/mol. The molecule has 1 aromatic rings. The van der Waals surface area contributed by atoms with E-state index in [0.717, 1.165) is 12.1 Å². The van der Waals surface area contributed by atoms with Crippen LogP contribution in [0.1, 0.15) is 5.56 Å². The lowest BCUT2D eigenvalue weighted by atomic mass is 10.0. The zero-order valence-electron chi connectivity index (χ0n) is 10.1. The fraction of sp³-hybridized carbons (Fsp3) is 0.182. The SMILES string of the molecule is O=C(O)C1=CCNc2cc(OS(=O)(=O)C(F)(F)F)ccc21. The largest absolute Gasteiger partial charge is 0.534 e. The Morgan fingerprint density at radius 2 is 2.00 bits per heavy atom. The van der Waals surface area contributed by atoms with Crippen LogP contribution in [0, 0.1) is 0 Å². The van der Waals surface area contributed by atoms with E-state index in [0.29, 0.717) is 0 Å². The highest BCUT2D eigenvalue weighted by Crippen LogP contribution is 2.33. The minimum Gasteiger partial charge on any atom is -0.478 e. The standard InChI is InChI=1S/C11H8F3NO5S/c12-11(13,14)21(18,19)20-6-1-2-7-8(10(16)17)3-4-15-9(7)5-6/h1-3,5,15H,4H2,(H,16,17). The Labute approximate surface area is 117 Å². The number of nitrogens with one attached hydrogen (secondary N) is 1. The van der Waals surface area contributed by atoms with Gasteiger partial charge in [-0.1, -0.05) is 6.08 Å². The maximum atomic E-state index is 12.2. The van der Waals surface area contributed by atoms with Gasteiger partial charge in [0.15, 0.2) is 0 Å². The van der Waals surface area contributed by atoms with E-state index in [2.05, 4.69) is 9.50 Å². The van der Waals surface area contributed by atoms with Crippen molar-refractivity contribution in [2.24, 2.45) is 0 Å². The number of rotatable bonds is 3. The molecule has 0 atom stereocenters. The Bertz CT molecular complexity index is 724. The molecule has 114 valence electrons. The number of hydrogen-bond donors (Lipinski definition) is 2. The molecule has 0 aliphatic carbocycles. The summed E-state index contributed by atoms with van der Waals surface area (Å²) >= 11 is 0. The molecule has 0 saturated heterocycles. The Balaban J connectivity index is 2.36. The van der Waals surface area contributed by atoms with Gasteiger partial charge < -0.3 is 14.6 Å². The third-order valence-corrected chi connectivity index (χ3v) is 3.58. The average Bonchev–Trinajstić information content (AvgIpc) is 2.35. The van der Waals surface area contributed by atoms with Gasteiger partial charge in [0.05, 0.1) is 5.57 Å². The van der Waals surface area contributed by atoms with Crippen molar-refractivity contribution in [1.29, 1.82) is 0 Å². The van der Waals surface area contributed by atoms with Crippen molar-refractivity contribution < 1.29 is 35.7 Å². The van der Waals surface area contributed by atoms with E-state index in [1.807, 2.05) is 0 Å². The maximum Gasteiger partial charge on any atom is 0.534 e. The van der Waals surface area contributed by atoms with Gasteiger partial charge in [-0.2, -0.15) is 21.6 Å². The van der Waals surface area contributed by atoms with E-state index in [4.69, 9.17) is 5.11 Å². The molecule has 21 heavy (non-hydrogen) atoms. The fourth-order valence-electron chi connectivity index (χ4n) is 1.71. The quantitative estimate of drug-likeness (QED) is 0.651. The molecule has 0 bridgehead atoms. The number of carboxylic acids is 1. The fourth-order valence-corrected chi connectivity index (χ4v) is 2.16. The first-order chi connectivity index (χ1) is 9.62. The second-order valence-electron chi connectivity index (χ2n) is 3.99. The number of fused-ring (bicyclic) bond motifs is 1. The van der Waals surface area contributed by atoms with Gasteiger partial charge >= 0.3 is 21.6 Å². The molecule has 0 saturated carbocycles. The second-order valence-corrected chi connectivity index (χ2v) is 5.53. The topological polar surface area (TPSA) is 92.7 Å². The number of carboxylic acid groups (broad SMARTS) is 1. The molecule has 0 amide bonds. The Hall–Kier alpha value is -2.23. The molecule has 0 aromatic heterocycles. The lowest BCUT2D eigenvalue weighted by Gasteiger charge is -2.18. The van der Waals surface area contributed by atoms with Crippen LogP contribution in [0.2, 0.25) is 0 Å². The van der Waals surface area contributed by atoms with Crippen LogP contribution in [0.4, 0.5) is 18.9 Å². The third-order valence-electron chi connectivity index (χ3n) is 2.60. The van der Waals surface area contributed by atoms with Crippen molar-refractivity contribution in [3.05, 3.63) is 29.8 Å². The lowest BCUT2D eigenvalue weighted by molar-refractivity contribution is -0.130. The van der Waals surface area contributed by atoms with E-state index in [1.54, 1.807) is 0 Å². The first-order valence-electron chi connectivity index (χ1n) is 5.44. The number of hydrogen-bond acceptors (Lipinski definition) is 5. The zero-order chi connectivity index (χ0) is 15.8. The normalized spacial score (nSPS) is 14.7. The number of alkyl halides is 3. The molecule has 0 unspecified atom stereocenters. The van der Waals surface area contributed by atoms with Crippen LogP contribution in [-0.4, -0.2) is 31.5 Å². The third kappa shape index (κ3) is 2.94. The smallest absolute Gasteiger partial charge is 0.478 e. The number of anilines is 1. The van der Waals surface area contributed by atoms with E-state index in [-0.39, 0.29) is 23.4 Å². The van der Waals surface area contributed by atoms with E-state index < -0.39 is 27.3 Å². The lowest BCUT2D eigenvalue weighted by Crippen LogP contribution is -2.28. The van der Waals surface area contributed by atoms with Crippen LogP contribution in [0.3, 0.4) is 0 Å². The highest BCUT2D eigenvalue weighted by Gasteiger charge is 2.48. The summed E-state index contributed by atoms with van der Waals surface area (Å²) in [4.78, 5) is 11.0. The number of aliphatic carboxylic acids is 1. The minimum absolute atomic E-state index is 0.0334. The molecule has 0 fully saturated rings. The molecular formula is C11H8F3NO5S. The van der Waals surface area contributed by atoms with Crippen LogP contribution < -0.4 is 9.50 Å². The predicted octanol–water partition coefficient (Wildman–Crippen LogP) is 1.81. The van der Waals surface area contributed by atoms with Gasteiger partial charge in [0.1, 0.15) is 5.75 Å². The van der Waals surface area contributed by atoms with Crippen molar-refractivity contribution in [2.75, 3.05) is 11.9 Å². The van der Waals surface area contributed by atoms with Crippen molar-refractivity contribution in [3.63, 3.8) is 0 Å². The Morgan fingerprint density at radius 3 is 2.57 bits per heavy atom. The van der Waals surface area contributed by atoms with E-state index in [1.165, 1.54) is 12.1 Å². The van der Waals surface area contributed by atoms with Crippen molar-refractivity contribution in [1.82, 2.24) is 0 Å². The molecule has 0 spiro atoms. The molecule has 2 rings (SSSR count). The van der Waals surface area contributed by atoms with Crippen molar-refractivity contribution >= 4 is 27.3 Å². The minimum atomic E-state index is -5.77. The van der Waals surface area contributed by atoms with Crippen molar-refractivity contribution in [2.45, 2.75) is 5.51 Å². The van der Waals surface area contributed by atoms with E-state index >= 15 is 0 Å². The number of halogens is 3. The van der Waals surface area contributed by atoms with E-state index in [9.17, 15) is 26.4 Å². The Morgan fingerprint density at radius 1 is 1.33 bits per heavy atom. The summed E-state index contributed by atoms with van der Waals surface area (Å²) in [5.74, 6) is -1.76. The molecule has 1 heterocycles. The summed E-state index contributed by atoms with van der Waals surface area (Å²) in [5.41, 5.74) is -5.17. The zero-order valence-corrected chi connectivity index (χ0v) is 11.0. The van der Waals surface area contributed by atoms with Gasteiger partial charge in [-0.3, -0.25) is 0 Å². The van der Waals surface area contributed by atoms with Crippen molar-refractivity contribution in [3.8, 4) is 5.75 Å². The highest BCUT2D eigenvalue weighted by atomic mass is 32.2. The first kappa shape index (κ1) is 15.2. The van der Waals surface area contributed by atoms with Gasteiger partial charge in [0.2, 0.25) is 0 Å². The van der Waals surface area contributed by atoms with Gasteiger partial charge in [0, 0.05) is 23.9 Å². The van der Waals surface area contributed by atoms with Crippen LogP contribution in [0.25, 0.3) is 5.57 Å². The van der Waals surface area contributed by atoms with Crippen LogP contribution in [-0.2, 0) is 14.9 Å². The number of carbonyl (C=O) groups is 1. The van der Waals surface area contributed by atoms with Gasteiger partial charge in [-0.05, 0) is 12.1 Å².